The largest absolute Gasteiger partial charge is 0.573 e. The lowest BCUT2D eigenvalue weighted by Crippen LogP contribution is -2.22. The molecule has 0 saturated heterocycles. The maximum absolute atomic E-state index is 13.0. The topological polar surface area (TPSA) is 81.8 Å². The SMILES string of the molecule is I.NC(=NCc1ccnc(Oc2ccc(F)cc2)c1)Nc1ccc(OC(F)(F)F)cc1. The highest BCUT2D eigenvalue weighted by molar-refractivity contribution is 14.0. The van der Waals surface area contributed by atoms with E-state index in [1.807, 2.05) is 0 Å². The number of halogens is 5. The Balaban J connectivity index is 0.00000341. The first-order valence-corrected chi connectivity index (χ1v) is 8.58. The summed E-state index contributed by atoms with van der Waals surface area (Å²) in [7, 11) is 0. The van der Waals surface area contributed by atoms with E-state index in [4.69, 9.17) is 10.5 Å². The van der Waals surface area contributed by atoms with E-state index in [0.717, 1.165) is 17.7 Å². The summed E-state index contributed by atoms with van der Waals surface area (Å²) in [5.41, 5.74) is 7.01. The van der Waals surface area contributed by atoms with Crippen molar-refractivity contribution < 1.29 is 27.0 Å². The number of aromatic nitrogens is 1. The standard InChI is InChI=1S/C20H16F4N4O2.HI/c21-14-1-5-16(6-2-14)29-18-11-13(9-10-26-18)12-27-19(25)28-15-3-7-17(8-4-15)30-20(22,23)24;/h1-11H,12H2,(H3,25,27,28);1H. The Kier molecular flexibility index (Phi) is 8.42. The molecule has 1 heterocycles. The van der Waals surface area contributed by atoms with E-state index >= 15 is 0 Å². The molecule has 0 spiro atoms. The summed E-state index contributed by atoms with van der Waals surface area (Å²) >= 11 is 0. The molecular weight excluding hydrogens is 531 g/mol. The van der Waals surface area contributed by atoms with Crippen LogP contribution in [0.4, 0.5) is 23.2 Å². The van der Waals surface area contributed by atoms with E-state index in [2.05, 4.69) is 20.0 Å². The number of hydrogen-bond acceptors (Lipinski definition) is 4. The van der Waals surface area contributed by atoms with E-state index in [-0.39, 0.29) is 48.0 Å². The summed E-state index contributed by atoms with van der Waals surface area (Å²) in [6.45, 7) is 0.205. The maximum atomic E-state index is 13.0. The molecule has 0 atom stereocenters. The van der Waals surface area contributed by atoms with Gasteiger partial charge in [-0.05, 0) is 60.2 Å². The molecule has 6 nitrogen and oxygen atoms in total. The zero-order valence-electron chi connectivity index (χ0n) is 15.8. The fourth-order valence-electron chi connectivity index (χ4n) is 2.33. The van der Waals surface area contributed by atoms with E-state index in [9.17, 15) is 17.6 Å². The quantitative estimate of drug-likeness (QED) is 0.185. The number of alkyl halides is 3. The van der Waals surface area contributed by atoms with Gasteiger partial charge in [-0.1, -0.05) is 0 Å². The minimum atomic E-state index is -4.75. The van der Waals surface area contributed by atoms with Gasteiger partial charge in [0, 0.05) is 18.0 Å². The molecule has 3 N–H and O–H groups in total. The molecule has 3 rings (SSSR count). The Hall–Kier alpha value is -3.09. The van der Waals surface area contributed by atoms with Crippen LogP contribution in [0.1, 0.15) is 5.56 Å². The van der Waals surface area contributed by atoms with Gasteiger partial charge < -0.3 is 20.5 Å². The lowest BCUT2D eigenvalue weighted by molar-refractivity contribution is -0.274. The highest BCUT2D eigenvalue weighted by Crippen LogP contribution is 2.24. The van der Waals surface area contributed by atoms with Crippen LogP contribution < -0.4 is 20.5 Å². The third-order valence-corrected chi connectivity index (χ3v) is 3.63. The summed E-state index contributed by atoms with van der Waals surface area (Å²) in [6.07, 6.45) is -3.22. The van der Waals surface area contributed by atoms with Gasteiger partial charge in [-0.25, -0.2) is 14.4 Å². The second-order valence-electron chi connectivity index (χ2n) is 5.96. The number of nitrogens with two attached hydrogens (primary N) is 1. The van der Waals surface area contributed by atoms with Gasteiger partial charge in [0.05, 0.1) is 6.54 Å². The van der Waals surface area contributed by atoms with Crippen molar-refractivity contribution in [3.05, 3.63) is 78.2 Å². The molecule has 0 unspecified atom stereocenters. The number of anilines is 1. The van der Waals surface area contributed by atoms with E-state index in [1.165, 1.54) is 42.6 Å². The Bertz CT molecular complexity index is 1010. The van der Waals surface area contributed by atoms with E-state index in [0.29, 0.717) is 17.3 Å². The van der Waals surface area contributed by atoms with Crippen LogP contribution in [0, 0.1) is 5.82 Å². The first kappa shape index (κ1) is 24.2. The third-order valence-electron chi connectivity index (χ3n) is 3.63. The van der Waals surface area contributed by atoms with Crippen LogP contribution in [0.2, 0.25) is 0 Å². The van der Waals surface area contributed by atoms with Gasteiger partial charge in [-0.3, -0.25) is 0 Å². The van der Waals surface area contributed by atoms with Crippen LogP contribution in [0.5, 0.6) is 17.4 Å². The zero-order chi connectivity index (χ0) is 21.6. The van der Waals surface area contributed by atoms with Crippen molar-refractivity contribution in [2.45, 2.75) is 12.9 Å². The molecule has 0 aliphatic heterocycles. The van der Waals surface area contributed by atoms with Crippen LogP contribution in [0.15, 0.2) is 71.9 Å². The second kappa shape index (κ2) is 10.8. The van der Waals surface area contributed by atoms with Crippen molar-refractivity contribution in [3.63, 3.8) is 0 Å². The minimum Gasteiger partial charge on any atom is -0.439 e. The van der Waals surface area contributed by atoms with Gasteiger partial charge in [0.15, 0.2) is 5.96 Å². The summed E-state index contributed by atoms with van der Waals surface area (Å²) < 4.78 is 58.8. The van der Waals surface area contributed by atoms with Gasteiger partial charge in [-0.2, -0.15) is 0 Å². The molecular formula is C20H17F4IN4O2. The Morgan fingerprint density at radius 2 is 1.65 bits per heavy atom. The van der Waals surface area contributed by atoms with Crippen molar-refractivity contribution in [1.82, 2.24) is 4.98 Å². The molecule has 3 aromatic rings. The van der Waals surface area contributed by atoms with Crippen molar-refractivity contribution in [2.24, 2.45) is 10.7 Å². The van der Waals surface area contributed by atoms with E-state index in [1.54, 1.807) is 12.1 Å². The molecule has 0 bridgehead atoms. The number of nitrogens with one attached hydrogen (secondary N) is 1. The molecule has 11 heteroatoms. The van der Waals surface area contributed by atoms with Crippen LogP contribution in [-0.2, 0) is 6.54 Å². The van der Waals surface area contributed by atoms with Gasteiger partial charge in [0.25, 0.3) is 0 Å². The van der Waals surface area contributed by atoms with Crippen molar-refractivity contribution in [3.8, 4) is 17.4 Å². The second-order valence-corrected chi connectivity index (χ2v) is 5.96. The van der Waals surface area contributed by atoms with Gasteiger partial charge in [0.1, 0.15) is 17.3 Å². The smallest absolute Gasteiger partial charge is 0.439 e. The summed E-state index contributed by atoms with van der Waals surface area (Å²) in [5.74, 6) is 0.0972. The molecule has 1 aromatic heterocycles. The van der Waals surface area contributed by atoms with Crippen molar-refractivity contribution in [2.75, 3.05) is 5.32 Å². The first-order valence-electron chi connectivity index (χ1n) is 8.58. The third kappa shape index (κ3) is 8.28. The fourth-order valence-corrected chi connectivity index (χ4v) is 2.33. The first-order chi connectivity index (χ1) is 14.3. The molecule has 2 aromatic carbocycles. The maximum Gasteiger partial charge on any atom is 0.573 e. The van der Waals surface area contributed by atoms with Crippen LogP contribution in [0.3, 0.4) is 0 Å². The van der Waals surface area contributed by atoms with E-state index < -0.39 is 6.36 Å². The molecule has 0 radical (unpaired) electrons. The molecule has 31 heavy (non-hydrogen) atoms. The minimum absolute atomic E-state index is 0. The molecule has 164 valence electrons. The number of rotatable bonds is 6. The molecule has 0 amide bonds. The van der Waals surface area contributed by atoms with Crippen LogP contribution >= 0.6 is 24.0 Å². The Morgan fingerprint density at radius 1 is 1.00 bits per heavy atom. The van der Waals surface area contributed by atoms with Crippen molar-refractivity contribution in [1.29, 1.82) is 0 Å². The lowest BCUT2D eigenvalue weighted by Gasteiger charge is -2.10. The molecule has 0 fully saturated rings. The molecule has 0 aliphatic rings. The number of guanidine groups is 1. The van der Waals surface area contributed by atoms with Crippen molar-refractivity contribution >= 4 is 35.6 Å². The van der Waals surface area contributed by atoms with Crippen LogP contribution in [-0.4, -0.2) is 17.3 Å². The normalized spacial score (nSPS) is 11.4. The molecule has 0 saturated carbocycles. The monoisotopic (exact) mass is 548 g/mol. The summed E-state index contributed by atoms with van der Waals surface area (Å²) in [4.78, 5) is 8.25. The Morgan fingerprint density at radius 3 is 2.29 bits per heavy atom. The highest BCUT2D eigenvalue weighted by Gasteiger charge is 2.30. The molecule has 0 aliphatic carbocycles. The number of hydrogen-bond donors (Lipinski definition) is 2. The number of aliphatic imine (C=N–C) groups is 1. The average molecular weight is 548 g/mol. The summed E-state index contributed by atoms with van der Waals surface area (Å²) in [6, 6.07) is 14.0. The zero-order valence-corrected chi connectivity index (χ0v) is 18.1. The van der Waals surface area contributed by atoms with Crippen LogP contribution in [0.25, 0.3) is 0 Å². The van der Waals surface area contributed by atoms with Gasteiger partial charge in [-0.15, -0.1) is 37.1 Å². The highest BCUT2D eigenvalue weighted by atomic mass is 127. The number of benzene rings is 2. The lowest BCUT2D eigenvalue weighted by atomic mass is 10.2. The van der Waals surface area contributed by atoms with Gasteiger partial charge >= 0.3 is 6.36 Å². The van der Waals surface area contributed by atoms with Gasteiger partial charge in [0.2, 0.25) is 5.88 Å². The fraction of sp³-hybridized carbons (Fsp3) is 0.100. The number of nitrogens with zero attached hydrogens (tertiary/aromatic N) is 2. The predicted molar refractivity (Wildman–Crippen MR) is 118 cm³/mol. The number of ether oxygens (including phenoxy) is 2. The predicted octanol–water partition coefficient (Wildman–Crippen LogP) is 5.46. The Labute approximate surface area is 192 Å². The number of pyridine rings is 1. The average Bonchev–Trinajstić information content (AvgIpc) is 2.69. The summed E-state index contributed by atoms with van der Waals surface area (Å²) in [5, 5.41) is 2.77.